The number of aryl methyl sites for hydroxylation is 1. The molecule has 0 aliphatic heterocycles. The standard InChI is InChI=1S/C12H15Cl2NO3S/c1-2-8(12(17)18)15-10(16)5-3-4-7-6-9(13)19-11(7)14/h6,8H,2-5H2,1H3,(H,15,16)(H,17,18). The Bertz CT molecular complexity index is 462. The first-order valence-electron chi connectivity index (χ1n) is 5.90. The minimum absolute atomic E-state index is 0.258. The molecule has 0 saturated carbocycles. The molecule has 1 unspecified atom stereocenters. The molecular formula is C12H15Cl2NO3S. The van der Waals surface area contributed by atoms with Crippen molar-refractivity contribution in [3.8, 4) is 0 Å². The number of thiophene rings is 1. The van der Waals surface area contributed by atoms with Gasteiger partial charge in [0.05, 0.1) is 8.67 Å². The summed E-state index contributed by atoms with van der Waals surface area (Å²) in [5, 5.41) is 11.3. The smallest absolute Gasteiger partial charge is 0.326 e. The van der Waals surface area contributed by atoms with Gasteiger partial charge in [-0.3, -0.25) is 4.79 Å². The van der Waals surface area contributed by atoms with Crippen LogP contribution in [0.25, 0.3) is 0 Å². The second-order valence-electron chi connectivity index (χ2n) is 4.07. The molecule has 1 aromatic rings. The van der Waals surface area contributed by atoms with E-state index in [0.717, 1.165) is 5.56 Å². The number of rotatable bonds is 7. The zero-order valence-electron chi connectivity index (χ0n) is 10.4. The van der Waals surface area contributed by atoms with E-state index in [-0.39, 0.29) is 12.3 Å². The highest BCUT2D eigenvalue weighted by Crippen LogP contribution is 2.31. The molecule has 0 fully saturated rings. The quantitative estimate of drug-likeness (QED) is 0.808. The summed E-state index contributed by atoms with van der Waals surface area (Å²) in [6.45, 7) is 1.71. The van der Waals surface area contributed by atoms with Crippen molar-refractivity contribution < 1.29 is 14.7 Å². The van der Waals surface area contributed by atoms with E-state index < -0.39 is 12.0 Å². The fourth-order valence-corrected chi connectivity index (χ4v) is 3.13. The zero-order valence-corrected chi connectivity index (χ0v) is 12.7. The number of hydrogen-bond donors (Lipinski definition) is 2. The molecule has 7 heteroatoms. The molecule has 1 amide bonds. The average molecular weight is 324 g/mol. The van der Waals surface area contributed by atoms with Crippen LogP contribution in [0.4, 0.5) is 0 Å². The maximum Gasteiger partial charge on any atom is 0.326 e. The number of carbonyl (C=O) groups excluding carboxylic acids is 1. The van der Waals surface area contributed by atoms with Gasteiger partial charge >= 0.3 is 5.97 Å². The monoisotopic (exact) mass is 323 g/mol. The van der Waals surface area contributed by atoms with Crippen LogP contribution in [0.3, 0.4) is 0 Å². The fraction of sp³-hybridized carbons (Fsp3) is 0.500. The predicted molar refractivity (Wildman–Crippen MR) is 77.1 cm³/mol. The summed E-state index contributed by atoms with van der Waals surface area (Å²) >= 11 is 13.1. The highest BCUT2D eigenvalue weighted by molar-refractivity contribution is 7.20. The van der Waals surface area contributed by atoms with Crippen molar-refractivity contribution in [1.82, 2.24) is 5.32 Å². The first-order chi connectivity index (χ1) is 8.93. The Morgan fingerprint density at radius 3 is 2.63 bits per heavy atom. The van der Waals surface area contributed by atoms with E-state index in [1.165, 1.54) is 11.3 Å². The van der Waals surface area contributed by atoms with Gasteiger partial charge in [-0.05, 0) is 30.9 Å². The lowest BCUT2D eigenvalue weighted by Crippen LogP contribution is -2.40. The third kappa shape index (κ3) is 5.38. The molecular weight excluding hydrogens is 309 g/mol. The molecule has 0 radical (unpaired) electrons. The number of halogens is 2. The van der Waals surface area contributed by atoms with Gasteiger partial charge in [-0.2, -0.15) is 0 Å². The molecule has 2 N–H and O–H groups in total. The number of nitrogens with one attached hydrogen (secondary N) is 1. The SMILES string of the molecule is CCC(NC(=O)CCCc1cc(Cl)sc1Cl)C(=O)O. The fourth-order valence-electron chi connectivity index (χ4n) is 1.59. The summed E-state index contributed by atoms with van der Waals surface area (Å²) in [5.74, 6) is -1.27. The Hall–Kier alpha value is -0.780. The Balaban J connectivity index is 2.35. The Kier molecular flexibility index (Phi) is 6.62. The second-order valence-corrected chi connectivity index (χ2v) is 6.36. The van der Waals surface area contributed by atoms with Crippen LogP contribution in [0.1, 0.15) is 31.7 Å². The topological polar surface area (TPSA) is 66.4 Å². The minimum Gasteiger partial charge on any atom is -0.480 e. The lowest BCUT2D eigenvalue weighted by Gasteiger charge is -2.11. The Labute approximate surface area is 125 Å². The first-order valence-corrected chi connectivity index (χ1v) is 7.47. The summed E-state index contributed by atoms with van der Waals surface area (Å²) in [7, 11) is 0. The first kappa shape index (κ1) is 16.3. The molecule has 1 atom stereocenters. The van der Waals surface area contributed by atoms with Crippen LogP contribution in [0.2, 0.25) is 8.67 Å². The maximum atomic E-state index is 11.6. The normalized spacial score (nSPS) is 12.2. The van der Waals surface area contributed by atoms with Crippen LogP contribution >= 0.6 is 34.5 Å². The van der Waals surface area contributed by atoms with Crippen molar-refractivity contribution in [2.45, 2.75) is 38.6 Å². The molecule has 4 nitrogen and oxygen atoms in total. The highest BCUT2D eigenvalue weighted by Gasteiger charge is 2.17. The van der Waals surface area contributed by atoms with E-state index >= 15 is 0 Å². The summed E-state index contributed by atoms with van der Waals surface area (Å²) in [6, 6.07) is 0.977. The number of amides is 1. The summed E-state index contributed by atoms with van der Waals surface area (Å²) in [4.78, 5) is 22.3. The molecule has 1 heterocycles. The average Bonchev–Trinajstić information content (AvgIpc) is 2.64. The largest absolute Gasteiger partial charge is 0.480 e. The van der Waals surface area contributed by atoms with Crippen molar-refractivity contribution in [3.63, 3.8) is 0 Å². The van der Waals surface area contributed by atoms with Gasteiger partial charge in [0, 0.05) is 6.42 Å². The van der Waals surface area contributed by atoms with Gasteiger partial charge < -0.3 is 10.4 Å². The van der Waals surface area contributed by atoms with E-state index in [1.807, 2.05) is 0 Å². The van der Waals surface area contributed by atoms with Crippen molar-refractivity contribution in [1.29, 1.82) is 0 Å². The molecule has 1 rings (SSSR count). The van der Waals surface area contributed by atoms with Gasteiger partial charge in [0.25, 0.3) is 0 Å². The van der Waals surface area contributed by atoms with Gasteiger partial charge in [0.2, 0.25) is 5.91 Å². The number of carboxylic acid groups (broad SMARTS) is 1. The zero-order chi connectivity index (χ0) is 14.4. The molecule has 0 bridgehead atoms. The molecule has 0 spiro atoms. The summed E-state index contributed by atoms with van der Waals surface area (Å²) in [5.41, 5.74) is 0.926. The van der Waals surface area contributed by atoms with Gasteiger partial charge in [-0.1, -0.05) is 30.1 Å². The minimum atomic E-state index is -1.01. The molecule has 1 aromatic heterocycles. The van der Waals surface area contributed by atoms with Crippen molar-refractivity contribution in [3.05, 3.63) is 20.3 Å². The molecule has 106 valence electrons. The Morgan fingerprint density at radius 2 is 2.16 bits per heavy atom. The van der Waals surface area contributed by atoms with Crippen LogP contribution in [-0.4, -0.2) is 23.0 Å². The van der Waals surface area contributed by atoms with E-state index in [2.05, 4.69) is 5.32 Å². The lowest BCUT2D eigenvalue weighted by atomic mass is 10.1. The van der Waals surface area contributed by atoms with Crippen LogP contribution in [-0.2, 0) is 16.0 Å². The summed E-state index contributed by atoms with van der Waals surface area (Å²) < 4.78 is 1.27. The van der Waals surface area contributed by atoms with Gasteiger partial charge in [-0.25, -0.2) is 4.79 Å². The van der Waals surface area contributed by atoms with E-state index in [4.69, 9.17) is 28.3 Å². The van der Waals surface area contributed by atoms with Crippen LogP contribution < -0.4 is 5.32 Å². The number of carbonyl (C=O) groups is 2. The van der Waals surface area contributed by atoms with E-state index in [1.54, 1.807) is 13.0 Å². The van der Waals surface area contributed by atoms with Crippen LogP contribution in [0.15, 0.2) is 6.07 Å². The molecule has 0 aliphatic carbocycles. The van der Waals surface area contributed by atoms with Crippen molar-refractivity contribution in [2.24, 2.45) is 0 Å². The maximum absolute atomic E-state index is 11.6. The van der Waals surface area contributed by atoms with Crippen molar-refractivity contribution in [2.75, 3.05) is 0 Å². The highest BCUT2D eigenvalue weighted by atomic mass is 35.5. The third-order valence-corrected chi connectivity index (χ3v) is 4.19. The summed E-state index contributed by atoms with van der Waals surface area (Å²) in [6.07, 6.45) is 1.90. The van der Waals surface area contributed by atoms with Gasteiger partial charge in [-0.15, -0.1) is 11.3 Å². The van der Waals surface area contributed by atoms with Crippen molar-refractivity contribution >= 4 is 46.4 Å². The predicted octanol–water partition coefficient (Wildman–Crippen LogP) is 3.36. The van der Waals surface area contributed by atoms with Gasteiger partial charge in [0.15, 0.2) is 0 Å². The van der Waals surface area contributed by atoms with E-state index in [0.29, 0.717) is 27.9 Å². The lowest BCUT2D eigenvalue weighted by molar-refractivity contribution is -0.141. The number of aliphatic carboxylic acids is 1. The number of hydrogen-bond acceptors (Lipinski definition) is 3. The Morgan fingerprint density at radius 1 is 1.47 bits per heavy atom. The molecule has 0 aromatic carbocycles. The third-order valence-electron chi connectivity index (χ3n) is 2.62. The van der Waals surface area contributed by atoms with Gasteiger partial charge in [0.1, 0.15) is 6.04 Å². The molecule has 0 aliphatic rings. The van der Waals surface area contributed by atoms with E-state index in [9.17, 15) is 9.59 Å². The number of carboxylic acids is 1. The molecule has 19 heavy (non-hydrogen) atoms. The second kappa shape index (κ2) is 7.72. The molecule has 0 saturated heterocycles. The van der Waals surface area contributed by atoms with Crippen LogP contribution in [0.5, 0.6) is 0 Å². The van der Waals surface area contributed by atoms with Crippen LogP contribution in [0, 0.1) is 0 Å².